The van der Waals surface area contributed by atoms with Gasteiger partial charge in [-0.25, -0.2) is 0 Å². The first-order chi connectivity index (χ1) is 7.34. The number of carbonyl (C=O) groups is 1. The minimum Gasteiger partial charge on any atom is -0.352 e. The van der Waals surface area contributed by atoms with Gasteiger partial charge in [0.2, 0.25) is 5.91 Å². The van der Waals surface area contributed by atoms with Crippen molar-refractivity contribution in [1.29, 1.82) is 0 Å². The average molecular weight is 208 g/mol. The molecule has 0 aliphatic heterocycles. The Balaban J connectivity index is 1.52. The zero-order chi connectivity index (χ0) is 10.5. The van der Waals surface area contributed by atoms with E-state index in [2.05, 4.69) is 15.7 Å². The van der Waals surface area contributed by atoms with Crippen LogP contribution in [0.1, 0.15) is 12.8 Å². The summed E-state index contributed by atoms with van der Waals surface area (Å²) in [6, 6.07) is 2.34. The molecule has 5 nitrogen and oxygen atoms in total. The van der Waals surface area contributed by atoms with E-state index >= 15 is 0 Å². The molecule has 1 aliphatic rings. The minimum absolute atomic E-state index is 0.0953. The van der Waals surface area contributed by atoms with E-state index in [1.54, 1.807) is 6.20 Å². The normalized spacial score (nSPS) is 15.2. The molecule has 1 aromatic rings. The molecule has 1 aromatic heterocycles. The number of amides is 1. The lowest BCUT2D eigenvalue weighted by Gasteiger charge is -2.05. The van der Waals surface area contributed by atoms with Crippen LogP contribution in [-0.4, -0.2) is 34.8 Å². The van der Waals surface area contributed by atoms with Gasteiger partial charge in [-0.15, -0.1) is 0 Å². The van der Waals surface area contributed by atoms with Gasteiger partial charge in [-0.1, -0.05) is 0 Å². The zero-order valence-electron chi connectivity index (χ0n) is 8.65. The van der Waals surface area contributed by atoms with Gasteiger partial charge in [-0.3, -0.25) is 9.48 Å². The molecule has 0 radical (unpaired) electrons. The topological polar surface area (TPSA) is 59.0 Å². The molecule has 1 fully saturated rings. The molecule has 0 spiro atoms. The van der Waals surface area contributed by atoms with Gasteiger partial charge in [0, 0.05) is 25.0 Å². The van der Waals surface area contributed by atoms with Gasteiger partial charge < -0.3 is 10.6 Å². The SMILES string of the molecule is O=C(CNCCn1cccn1)NC1CC1. The highest BCUT2D eigenvalue weighted by Crippen LogP contribution is 2.17. The Labute approximate surface area is 88.8 Å². The van der Waals surface area contributed by atoms with Crippen LogP contribution in [0, 0.1) is 0 Å². The van der Waals surface area contributed by atoms with Crippen molar-refractivity contribution in [2.75, 3.05) is 13.1 Å². The van der Waals surface area contributed by atoms with Crippen LogP contribution in [0.4, 0.5) is 0 Å². The second kappa shape index (κ2) is 4.93. The lowest BCUT2D eigenvalue weighted by Crippen LogP contribution is -2.36. The number of hydrogen-bond donors (Lipinski definition) is 2. The summed E-state index contributed by atoms with van der Waals surface area (Å²) in [7, 11) is 0. The van der Waals surface area contributed by atoms with Gasteiger partial charge >= 0.3 is 0 Å². The first-order valence-electron chi connectivity index (χ1n) is 5.32. The molecular formula is C10H16N4O. The summed E-state index contributed by atoms with van der Waals surface area (Å²) in [5, 5.41) is 10.1. The van der Waals surface area contributed by atoms with Gasteiger partial charge in [0.1, 0.15) is 0 Å². The standard InChI is InChI=1S/C10H16N4O/c15-10(13-9-2-3-9)8-11-5-7-14-6-1-4-12-14/h1,4,6,9,11H,2-3,5,7-8H2,(H,13,15). The molecule has 15 heavy (non-hydrogen) atoms. The fraction of sp³-hybridized carbons (Fsp3) is 0.600. The highest BCUT2D eigenvalue weighted by molar-refractivity contribution is 5.78. The predicted molar refractivity (Wildman–Crippen MR) is 56.3 cm³/mol. The summed E-state index contributed by atoms with van der Waals surface area (Å²) in [5.41, 5.74) is 0. The van der Waals surface area contributed by atoms with E-state index in [0.29, 0.717) is 12.6 Å². The Morgan fingerprint density at radius 1 is 1.53 bits per heavy atom. The second-order valence-electron chi connectivity index (χ2n) is 3.79. The predicted octanol–water partition coefficient (Wildman–Crippen LogP) is -0.249. The summed E-state index contributed by atoms with van der Waals surface area (Å²) in [4.78, 5) is 11.3. The molecule has 5 heteroatoms. The van der Waals surface area contributed by atoms with E-state index in [1.165, 1.54) is 0 Å². The van der Waals surface area contributed by atoms with Gasteiger partial charge in [-0.05, 0) is 18.9 Å². The van der Waals surface area contributed by atoms with Crippen molar-refractivity contribution in [3.8, 4) is 0 Å². The molecule has 1 saturated carbocycles. The quantitative estimate of drug-likeness (QED) is 0.634. The van der Waals surface area contributed by atoms with Crippen molar-refractivity contribution >= 4 is 5.91 Å². The van der Waals surface area contributed by atoms with Gasteiger partial charge in [0.05, 0.1) is 13.1 Å². The van der Waals surface area contributed by atoms with Crippen molar-refractivity contribution in [1.82, 2.24) is 20.4 Å². The Bertz CT molecular complexity index is 305. The summed E-state index contributed by atoms with van der Waals surface area (Å²) < 4.78 is 1.84. The van der Waals surface area contributed by atoms with Crippen molar-refractivity contribution in [3.63, 3.8) is 0 Å². The van der Waals surface area contributed by atoms with E-state index in [0.717, 1.165) is 25.9 Å². The fourth-order valence-electron chi connectivity index (χ4n) is 1.33. The highest BCUT2D eigenvalue weighted by Gasteiger charge is 2.22. The number of aromatic nitrogens is 2. The summed E-state index contributed by atoms with van der Waals surface area (Å²) >= 11 is 0. The van der Waals surface area contributed by atoms with Gasteiger partial charge in [0.25, 0.3) is 0 Å². The Morgan fingerprint density at radius 3 is 3.07 bits per heavy atom. The van der Waals surface area contributed by atoms with Crippen LogP contribution in [-0.2, 0) is 11.3 Å². The largest absolute Gasteiger partial charge is 0.352 e. The van der Waals surface area contributed by atoms with Crippen LogP contribution in [0.2, 0.25) is 0 Å². The molecule has 1 aliphatic carbocycles. The van der Waals surface area contributed by atoms with E-state index in [1.807, 2.05) is 16.9 Å². The molecule has 0 saturated heterocycles. The number of rotatable bonds is 6. The first kappa shape index (κ1) is 10.2. The molecule has 1 amide bonds. The molecule has 0 aromatic carbocycles. The fourth-order valence-corrected chi connectivity index (χ4v) is 1.33. The van der Waals surface area contributed by atoms with E-state index in [-0.39, 0.29) is 5.91 Å². The van der Waals surface area contributed by atoms with Crippen molar-refractivity contribution < 1.29 is 4.79 Å². The maximum atomic E-state index is 11.3. The molecular weight excluding hydrogens is 192 g/mol. The first-order valence-corrected chi connectivity index (χ1v) is 5.32. The van der Waals surface area contributed by atoms with E-state index in [9.17, 15) is 4.79 Å². The van der Waals surface area contributed by atoms with Crippen molar-refractivity contribution in [3.05, 3.63) is 18.5 Å². The van der Waals surface area contributed by atoms with Crippen molar-refractivity contribution in [2.24, 2.45) is 0 Å². The average Bonchev–Trinajstić information content (AvgIpc) is 2.87. The summed E-state index contributed by atoms with van der Waals surface area (Å²) in [6.45, 7) is 1.96. The number of nitrogens with one attached hydrogen (secondary N) is 2. The molecule has 0 unspecified atom stereocenters. The van der Waals surface area contributed by atoms with Gasteiger partial charge in [0.15, 0.2) is 0 Å². The third kappa shape index (κ3) is 3.71. The smallest absolute Gasteiger partial charge is 0.234 e. The molecule has 0 bridgehead atoms. The third-order valence-corrected chi connectivity index (χ3v) is 2.30. The lowest BCUT2D eigenvalue weighted by molar-refractivity contribution is -0.120. The van der Waals surface area contributed by atoms with Gasteiger partial charge in [-0.2, -0.15) is 5.10 Å². The monoisotopic (exact) mass is 208 g/mol. The number of nitrogens with zero attached hydrogens (tertiary/aromatic N) is 2. The molecule has 2 N–H and O–H groups in total. The van der Waals surface area contributed by atoms with Crippen LogP contribution in [0.5, 0.6) is 0 Å². The molecule has 0 atom stereocenters. The van der Waals surface area contributed by atoms with E-state index < -0.39 is 0 Å². The maximum Gasteiger partial charge on any atom is 0.234 e. The van der Waals surface area contributed by atoms with Crippen LogP contribution < -0.4 is 10.6 Å². The van der Waals surface area contributed by atoms with Crippen LogP contribution in [0.3, 0.4) is 0 Å². The number of carbonyl (C=O) groups excluding carboxylic acids is 1. The number of hydrogen-bond acceptors (Lipinski definition) is 3. The minimum atomic E-state index is 0.0953. The Morgan fingerprint density at radius 2 is 2.40 bits per heavy atom. The molecule has 2 rings (SSSR count). The second-order valence-corrected chi connectivity index (χ2v) is 3.79. The third-order valence-electron chi connectivity index (χ3n) is 2.30. The molecule has 82 valence electrons. The maximum absolute atomic E-state index is 11.3. The van der Waals surface area contributed by atoms with Crippen LogP contribution in [0.25, 0.3) is 0 Å². The van der Waals surface area contributed by atoms with Crippen molar-refractivity contribution in [2.45, 2.75) is 25.4 Å². The van der Waals surface area contributed by atoms with E-state index in [4.69, 9.17) is 0 Å². The zero-order valence-corrected chi connectivity index (χ0v) is 8.65. The Hall–Kier alpha value is -1.36. The van der Waals surface area contributed by atoms with Crippen LogP contribution >= 0.6 is 0 Å². The van der Waals surface area contributed by atoms with Crippen LogP contribution in [0.15, 0.2) is 18.5 Å². The Kier molecular flexibility index (Phi) is 3.34. The summed E-state index contributed by atoms with van der Waals surface area (Å²) in [5.74, 6) is 0.0953. The lowest BCUT2D eigenvalue weighted by atomic mass is 10.5. The summed E-state index contributed by atoms with van der Waals surface area (Å²) in [6.07, 6.45) is 5.93. The highest BCUT2D eigenvalue weighted by atomic mass is 16.2. The molecule has 1 heterocycles.